The standard InChI is InChI=1S/C22H20N2O4S/c1-15-19(13-21(26)27)29-22(23-15)24-20(25)12-9-16-7-10-18(11-8-16)28-14-17-5-3-2-4-6-17/h2-12H,13-14H2,1H3,(H,26,27)(H,23,24,25)/b12-9+. The zero-order valence-corrected chi connectivity index (χ0v) is 16.6. The number of aryl methyl sites for hydroxylation is 1. The Balaban J connectivity index is 1.53. The van der Waals surface area contributed by atoms with Gasteiger partial charge in [-0.25, -0.2) is 4.98 Å². The quantitative estimate of drug-likeness (QED) is 0.542. The minimum Gasteiger partial charge on any atom is -0.489 e. The molecule has 3 rings (SSSR count). The van der Waals surface area contributed by atoms with E-state index in [2.05, 4.69) is 10.3 Å². The van der Waals surface area contributed by atoms with Gasteiger partial charge in [0.25, 0.3) is 0 Å². The number of hydrogen-bond donors (Lipinski definition) is 2. The van der Waals surface area contributed by atoms with Gasteiger partial charge in [-0.15, -0.1) is 11.3 Å². The first-order valence-electron chi connectivity index (χ1n) is 8.93. The van der Waals surface area contributed by atoms with Crippen LogP contribution in [0.1, 0.15) is 21.7 Å². The Bertz CT molecular complexity index is 1010. The molecule has 1 heterocycles. The van der Waals surface area contributed by atoms with Crippen molar-refractivity contribution in [3.63, 3.8) is 0 Å². The highest BCUT2D eigenvalue weighted by Gasteiger charge is 2.12. The molecule has 0 atom stereocenters. The lowest BCUT2D eigenvalue weighted by molar-refractivity contribution is -0.136. The average molecular weight is 408 g/mol. The van der Waals surface area contributed by atoms with Crippen LogP contribution in [0.15, 0.2) is 60.7 Å². The summed E-state index contributed by atoms with van der Waals surface area (Å²) in [7, 11) is 0. The lowest BCUT2D eigenvalue weighted by Crippen LogP contribution is -2.07. The fourth-order valence-corrected chi connectivity index (χ4v) is 3.47. The summed E-state index contributed by atoms with van der Waals surface area (Å²) in [4.78, 5) is 27.7. The first-order chi connectivity index (χ1) is 14.0. The van der Waals surface area contributed by atoms with Crippen LogP contribution in [0.4, 0.5) is 5.13 Å². The molecule has 7 heteroatoms. The largest absolute Gasteiger partial charge is 0.489 e. The maximum Gasteiger partial charge on any atom is 0.308 e. The topological polar surface area (TPSA) is 88.5 Å². The molecule has 1 amide bonds. The van der Waals surface area contributed by atoms with Crippen LogP contribution in [0.3, 0.4) is 0 Å². The molecular weight excluding hydrogens is 388 g/mol. The number of ether oxygens (including phenoxy) is 1. The molecule has 2 N–H and O–H groups in total. The Morgan fingerprint density at radius 2 is 1.86 bits per heavy atom. The predicted molar refractivity (Wildman–Crippen MR) is 113 cm³/mol. The number of hydrogen-bond acceptors (Lipinski definition) is 5. The fraction of sp³-hybridized carbons (Fsp3) is 0.136. The Morgan fingerprint density at radius 3 is 2.55 bits per heavy atom. The van der Waals surface area contributed by atoms with Gasteiger partial charge in [0, 0.05) is 11.0 Å². The van der Waals surface area contributed by atoms with Crippen LogP contribution in [0.5, 0.6) is 5.75 Å². The van der Waals surface area contributed by atoms with E-state index in [-0.39, 0.29) is 12.3 Å². The van der Waals surface area contributed by atoms with Crippen molar-refractivity contribution >= 4 is 34.4 Å². The summed E-state index contributed by atoms with van der Waals surface area (Å²) >= 11 is 1.17. The lowest BCUT2D eigenvalue weighted by atomic mass is 10.2. The Labute approximate surface area is 172 Å². The molecule has 0 saturated heterocycles. The number of nitrogens with zero attached hydrogens (tertiary/aromatic N) is 1. The van der Waals surface area contributed by atoms with Gasteiger partial charge in [0.05, 0.1) is 12.1 Å². The van der Waals surface area contributed by atoms with Crippen molar-refractivity contribution in [2.45, 2.75) is 20.0 Å². The number of nitrogens with one attached hydrogen (secondary N) is 1. The summed E-state index contributed by atoms with van der Waals surface area (Å²) in [6.45, 7) is 2.22. The second kappa shape index (κ2) is 9.66. The third kappa shape index (κ3) is 6.29. The van der Waals surface area contributed by atoms with Gasteiger partial charge in [0.2, 0.25) is 5.91 Å². The van der Waals surface area contributed by atoms with Gasteiger partial charge in [0.1, 0.15) is 12.4 Å². The highest BCUT2D eigenvalue weighted by atomic mass is 32.1. The SMILES string of the molecule is Cc1nc(NC(=O)/C=C/c2ccc(OCc3ccccc3)cc2)sc1CC(=O)O. The second-order valence-corrected chi connectivity index (χ2v) is 7.35. The van der Waals surface area contributed by atoms with Crippen LogP contribution < -0.4 is 10.1 Å². The molecule has 3 aromatic rings. The molecule has 6 nitrogen and oxygen atoms in total. The summed E-state index contributed by atoms with van der Waals surface area (Å²) in [5, 5.41) is 11.9. The molecule has 0 spiro atoms. The fourth-order valence-electron chi connectivity index (χ4n) is 2.52. The minimum absolute atomic E-state index is 0.103. The van der Waals surface area contributed by atoms with E-state index in [4.69, 9.17) is 9.84 Å². The highest BCUT2D eigenvalue weighted by Crippen LogP contribution is 2.23. The number of aliphatic carboxylic acids is 1. The Kier molecular flexibility index (Phi) is 6.76. The Hall–Kier alpha value is -3.45. The van der Waals surface area contributed by atoms with Gasteiger partial charge < -0.3 is 9.84 Å². The van der Waals surface area contributed by atoms with Crippen LogP contribution in [-0.2, 0) is 22.6 Å². The summed E-state index contributed by atoms with van der Waals surface area (Å²) in [6, 6.07) is 17.3. The van der Waals surface area contributed by atoms with E-state index in [0.29, 0.717) is 22.3 Å². The van der Waals surface area contributed by atoms with Crippen molar-refractivity contribution in [2.24, 2.45) is 0 Å². The normalized spacial score (nSPS) is 10.8. The Morgan fingerprint density at radius 1 is 1.14 bits per heavy atom. The second-order valence-electron chi connectivity index (χ2n) is 6.26. The van der Waals surface area contributed by atoms with Crippen LogP contribution in [0.25, 0.3) is 6.08 Å². The summed E-state index contributed by atoms with van der Waals surface area (Å²) in [5.41, 5.74) is 2.56. The number of thiazole rings is 1. The molecule has 1 aromatic heterocycles. The molecule has 0 aliphatic heterocycles. The molecule has 0 fully saturated rings. The average Bonchev–Trinajstić information content (AvgIpc) is 3.04. The monoisotopic (exact) mass is 408 g/mol. The first-order valence-corrected chi connectivity index (χ1v) is 9.75. The third-order valence-corrected chi connectivity index (χ3v) is 5.06. The first kappa shape index (κ1) is 20.3. The molecular formula is C22H20N2O4S. The van der Waals surface area contributed by atoms with Crippen molar-refractivity contribution in [1.82, 2.24) is 4.98 Å². The van der Waals surface area contributed by atoms with Crippen molar-refractivity contribution in [1.29, 1.82) is 0 Å². The van der Waals surface area contributed by atoms with E-state index in [0.717, 1.165) is 16.9 Å². The number of benzene rings is 2. The number of carboxylic acid groups (broad SMARTS) is 1. The molecule has 0 bridgehead atoms. The molecule has 0 aliphatic carbocycles. The van der Waals surface area contributed by atoms with E-state index in [1.807, 2.05) is 54.6 Å². The predicted octanol–water partition coefficient (Wildman–Crippen LogP) is 4.31. The smallest absolute Gasteiger partial charge is 0.308 e. The van der Waals surface area contributed by atoms with Gasteiger partial charge >= 0.3 is 5.97 Å². The van der Waals surface area contributed by atoms with Crippen molar-refractivity contribution < 1.29 is 19.4 Å². The van der Waals surface area contributed by atoms with Gasteiger partial charge in [-0.1, -0.05) is 42.5 Å². The summed E-state index contributed by atoms with van der Waals surface area (Å²) < 4.78 is 5.74. The van der Waals surface area contributed by atoms with Gasteiger partial charge in [-0.2, -0.15) is 0 Å². The summed E-state index contributed by atoms with van der Waals surface area (Å²) in [6.07, 6.45) is 3.00. The van der Waals surface area contributed by atoms with Crippen molar-refractivity contribution in [2.75, 3.05) is 5.32 Å². The van der Waals surface area contributed by atoms with Crippen molar-refractivity contribution in [3.8, 4) is 5.75 Å². The molecule has 148 valence electrons. The van der Waals surface area contributed by atoms with Crippen LogP contribution in [0.2, 0.25) is 0 Å². The maximum absolute atomic E-state index is 12.1. The van der Waals surface area contributed by atoms with E-state index in [1.54, 1.807) is 13.0 Å². The van der Waals surface area contributed by atoms with Crippen LogP contribution >= 0.6 is 11.3 Å². The minimum atomic E-state index is -0.925. The number of anilines is 1. The number of aromatic nitrogens is 1. The lowest BCUT2D eigenvalue weighted by Gasteiger charge is -2.06. The number of carbonyl (C=O) groups excluding carboxylic acids is 1. The molecule has 0 aliphatic rings. The van der Waals surface area contributed by atoms with Gasteiger partial charge in [-0.3, -0.25) is 14.9 Å². The summed E-state index contributed by atoms with van der Waals surface area (Å²) in [5.74, 6) is -0.504. The van der Waals surface area contributed by atoms with Crippen LogP contribution in [-0.4, -0.2) is 22.0 Å². The van der Waals surface area contributed by atoms with E-state index in [9.17, 15) is 9.59 Å². The zero-order valence-electron chi connectivity index (χ0n) is 15.8. The van der Waals surface area contributed by atoms with Gasteiger partial charge in [0.15, 0.2) is 5.13 Å². The number of carbonyl (C=O) groups is 2. The molecule has 0 radical (unpaired) electrons. The van der Waals surface area contributed by atoms with E-state index in [1.165, 1.54) is 17.4 Å². The zero-order chi connectivity index (χ0) is 20.6. The number of carboxylic acids is 1. The number of rotatable bonds is 8. The van der Waals surface area contributed by atoms with E-state index < -0.39 is 5.97 Å². The van der Waals surface area contributed by atoms with E-state index >= 15 is 0 Å². The molecule has 29 heavy (non-hydrogen) atoms. The highest BCUT2D eigenvalue weighted by molar-refractivity contribution is 7.16. The molecule has 0 unspecified atom stereocenters. The molecule has 2 aromatic carbocycles. The molecule has 0 saturated carbocycles. The van der Waals surface area contributed by atoms with Gasteiger partial charge in [-0.05, 0) is 36.3 Å². The third-order valence-electron chi connectivity index (χ3n) is 3.99. The van der Waals surface area contributed by atoms with Crippen LogP contribution in [0, 0.1) is 6.92 Å². The maximum atomic E-state index is 12.1. The van der Waals surface area contributed by atoms with Crippen molar-refractivity contribution in [3.05, 3.63) is 82.4 Å². The number of amides is 1.